The van der Waals surface area contributed by atoms with E-state index in [1.54, 1.807) is 12.1 Å². The number of hydrogen-bond donors (Lipinski definition) is 1. The maximum absolute atomic E-state index is 12.7. The lowest BCUT2D eigenvalue weighted by molar-refractivity contribution is -0.137. The maximum atomic E-state index is 12.7. The van der Waals surface area contributed by atoms with E-state index in [0.29, 0.717) is 10.6 Å². The van der Waals surface area contributed by atoms with E-state index in [9.17, 15) is 22.8 Å². The van der Waals surface area contributed by atoms with Gasteiger partial charge in [0, 0.05) is 0 Å². The van der Waals surface area contributed by atoms with Crippen LogP contribution in [-0.2, 0) is 17.4 Å². The van der Waals surface area contributed by atoms with Crippen molar-refractivity contribution in [3.63, 3.8) is 0 Å². The number of hydrazone groups is 1. The Kier molecular flexibility index (Phi) is 7.73. The van der Waals surface area contributed by atoms with Crippen molar-refractivity contribution in [1.82, 2.24) is 5.43 Å². The lowest BCUT2D eigenvalue weighted by Gasteiger charge is -2.08. The number of hydrogen-bond acceptors (Lipinski definition) is 4. The van der Waals surface area contributed by atoms with Gasteiger partial charge in [-0.15, -0.1) is 0 Å². The summed E-state index contributed by atoms with van der Waals surface area (Å²) in [6.07, 6.45) is -3.40. The Balaban J connectivity index is 1.53. The average molecular weight is 495 g/mol. The highest BCUT2D eigenvalue weighted by atomic mass is 35.5. The molecule has 0 bridgehead atoms. The smallest absolute Gasteiger partial charge is 0.416 e. The van der Waals surface area contributed by atoms with Gasteiger partial charge in [-0.05, 0) is 59.7 Å². The Morgan fingerprint density at radius 1 is 0.970 bits per heavy atom. The molecule has 0 aliphatic rings. The van der Waals surface area contributed by atoms with E-state index < -0.39 is 23.6 Å². The van der Waals surface area contributed by atoms with Crippen molar-refractivity contribution in [3.8, 4) is 5.75 Å². The number of halogens is 5. The number of carbonyl (C=O) groups is 2. The summed E-state index contributed by atoms with van der Waals surface area (Å²) < 4.78 is 43.5. The number of esters is 1. The van der Waals surface area contributed by atoms with Crippen LogP contribution >= 0.6 is 23.2 Å². The number of rotatable bonds is 6. The fourth-order valence-electron chi connectivity index (χ4n) is 2.67. The van der Waals surface area contributed by atoms with Crippen LogP contribution in [0.25, 0.3) is 0 Å². The third-order valence-corrected chi connectivity index (χ3v) is 5.01. The molecule has 0 unspecified atom stereocenters. The van der Waals surface area contributed by atoms with Crippen LogP contribution in [0.1, 0.15) is 27.0 Å². The number of nitrogens with zero attached hydrogens (tertiary/aromatic N) is 1. The first kappa shape index (κ1) is 24.3. The van der Waals surface area contributed by atoms with E-state index >= 15 is 0 Å². The van der Waals surface area contributed by atoms with Crippen LogP contribution < -0.4 is 10.2 Å². The van der Waals surface area contributed by atoms with Gasteiger partial charge in [-0.1, -0.05) is 41.4 Å². The molecule has 0 fully saturated rings. The van der Waals surface area contributed by atoms with E-state index in [1.165, 1.54) is 48.7 Å². The van der Waals surface area contributed by atoms with Gasteiger partial charge in [0.1, 0.15) is 5.75 Å². The lowest BCUT2D eigenvalue weighted by Crippen LogP contribution is -2.20. The normalized spacial score (nSPS) is 11.4. The van der Waals surface area contributed by atoms with Gasteiger partial charge in [0.15, 0.2) is 0 Å². The van der Waals surface area contributed by atoms with E-state index in [4.69, 9.17) is 27.9 Å². The minimum Gasteiger partial charge on any atom is -0.423 e. The lowest BCUT2D eigenvalue weighted by atomic mass is 10.1. The molecule has 170 valence electrons. The average Bonchev–Trinajstić information content (AvgIpc) is 2.76. The van der Waals surface area contributed by atoms with Gasteiger partial charge in [-0.25, -0.2) is 10.2 Å². The Labute approximate surface area is 196 Å². The highest BCUT2D eigenvalue weighted by Crippen LogP contribution is 2.29. The molecule has 0 aliphatic carbocycles. The Morgan fingerprint density at radius 3 is 2.36 bits per heavy atom. The second-order valence-electron chi connectivity index (χ2n) is 6.76. The molecule has 0 radical (unpaired) electrons. The molecule has 5 nitrogen and oxygen atoms in total. The van der Waals surface area contributed by atoms with Crippen molar-refractivity contribution in [2.45, 2.75) is 12.6 Å². The van der Waals surface area contributed by atoms with Crippen molar-refractivity contribution in [1.29, 1.82) is 0 Å². The summed E-state index contributed by atoms with van der Waals surface area (Å²) >= 11 is 11.7. The van der Waals surface area contributed by atoms with E-state index in [0.717, 1.165) is 12.1 Å². The Bertz CT molecular complexity index is 1200. The van der Waals surface area contributed by atoms with Gasteiger partial charge >= 0.3 is 12.1 Å². The van der Waals surface area contributed by atoms with Crippen molar-refractivity contribution in [3.05, 3.63) is 99.0 Å². The van der Waals surface area contributed by atoms with Crippen LogP contribution in [0.5, 0.6) is 5.75 Å². The van der Waals surface area contributed by atoms with Crippen molar-refractivity contribution < 1.29 is 27.5 Å². The molecule has 0 spiro atoms. The predicted molar refractivity (Wildman–Crippen MR) is 119 cm³/mol. The van der Waals surface area contributed by atoms with Gasteiger partial charge in [-0.2, -0.15) is 18.3 Å². The fraction of sp³-hybridized carbons (Fsp3) is 0.0870. The van der Waals surface area contributed by atoms with Gasteiger partial charge in [0.2, 0.25) is 5.91 Å². The van der Waals surface area contributed by atoms with Crippen LogP contribution in [0.4, 0.5) is 13.2 Å². The van der Waals surface area contributed by atoms with Crippen molar-refractivity contribution in [2.75, 3.05) is 0 Å². The SMILES string of the molecule is O=C(Cc1cccc(C(F)(F)F)c1)N/N=C\c1ccc(OC(=O)c2ccc(Cl)c(Cl)c2)cc1. The number of nitrogens with one attached hydrogen (secondary N) is 1. The van der Waals surface area contributed by atoms with Crippen molar-refractivity contribution in [2.24, 2.45) is 5.10 Å². The minimum absolute atomic E-state index is 0.214. The monoisotopic (exact) mass is 494 g/mol. The van der Waals surface area contributed by atoms with Gasteiger partial charge in [0.05, 0.1) is 33.8 Å². The third-order valence-electron chi connectivity index (χ3n) is 4.27. The summed E-state index contributed by atoms with van der Waals surface area (Å²) in [5, 5.41) is 4.33. The zero-order chi connectivity index (χ0) is 24.0. The molecule has 3 aromatic rings. The molecule has 3 rings (SSSR count). The Morgan fingerprint density at radius 2 is 1.70 bits per heavy atom. The van der Waals surface area contributed by atoms with Gasteiger partial charge in [0.25, 0.3) is 0 Å². The zero-order valence-electron chi connectivity index (χ0n) is 16.7. The number of ether oxygens (including phenoxy) is 1. The molecule has 0 aliphatic heterocycles. The summed E-state index contributed by atoms with van der Waals surface area (Å²) in [6.45, 7) is 0. The largest absolute Gasteiger partial charge is 0.423 e. The number of amides is 1. The van der Waals surface area contributed by atoms with E-state index in [1.807, 2.05) is 0 Å². The Hall–Kier alpha value is -3.36. The summed E-state index contributed by atoms with van der Waals surface area (Å²) in [5.41, 5.74) is 2.47. The summed E-state index contributed by atoms with van der Waals surface area (Å²) in [4.78, 5) is 24.1. The zero-order valence-corrected chi connectivity index (χ0v) is 18.2. The van der Waals surface area contributed by atoms with E-state index in [2.05, 4.69) is 10.5 Å². The quantitative estimate of drug-likeness (QED) is 0.200. The predicted octanol–water partition coefficient (Wildman–Crippen LogP) is 5.92. The molecular formula is C23H15Cl2F3N2O3. The third kappa shape index (κ3) is 7.06. The second-order valence-corrected chi connectivity index (χ2v) is 7.57. The van der Waals surface area contributed by atoms with Crippen LogP contribution in [-0.4, -0.2) is 18.1 Å². The first-order valence-corrected chi connectivity index (χ1v) is 10.1. The molecule has 1 amide bonds. The summed E-state index contributed by atoms with van der Waals surface area (Å²) in [6, 6.07) is 15.1. The first-order valence-electron chi connectivity index (χ1n) is 9.37. The molecule has 33 heavy (non-hydrogen) atoms. The van der Waals surface area contributed by atoms with Crippen LogP contribution in [0, 0.1) is 0 Å². The minimum atomic E-state index is -4.48. The van der Waals surface area contributed by atoms with Crippen LogP contribution in [0.15, 0.2) is 71.8 Å². The van der Waals surface area contributed by atoms with E-state index in [-0.39, 0.29) is 28.3 Å². The van der Waals surface area contributed by atoms with Gasteiger partial charge in [-0.3, -0.25) is 4.79 Å². The molecule has 10 heteroatoms. The molecular weight excluding hydrogens is 480 g/mol. The summed E-state index contributed by atoms with van der Waals surface area (Å²) in [5.74, 6) is -0.911. The molecule has 0 aromatic heterocycles. The van der Waals surface area contributed by atoms with Gasteiger partial charge < -0.3 is 4.74 Å². The van der Waals surface area contributed by atoms with Crippen molar-refractivity contribution >= 4 is 41.3 Å². The molecule has 0 saturated heterocycles. The number of alkyl halides is 3. The summed E-state index contributed by atoms with van der Waals surface area (Å²) in [7, 11) is 0. The molecule has 3 aromatic carbocycles. The second kappa shape index (κ2) is 10.5. The molecule has 0 atom stereocenters. The first-order chi connectivity index (χ1) is 15.6. The fourth-order valence-corrected chi connectivity index (χ4v) is 2.97. The maximum Gasteiger partial charge on any atom is 0.416 e. The number of carbonyl (C=O) groups excluding carboxylic acids is 2. The van der Waals surface area contributed by atoms with Crippen LogP contribution in [0.2, 0.25) is 10.0 Å². The molecule has 0 heterocycles. The highest BCUT2D eigenvalue weighted by molar-refractivity contribution is 6.42. The standard InChI is InChI=1S/C23H15Cl2F3N2O3/c24-19-9-6-16(12-20(19)25)22(32)33-18-7-4-14(5-8-18)13-29-30-21(31)11-15-2-1-3-17(10-15)23(26,27)28/h1-10,12-13H,11H2,(H,30,31)/b29-13-. The molecule has 1 N–H and O–H groups in total. The number of benzene rings is 3. The topological polar surface area (TPSA) is 67.8 Å². The molecule has 0 saturated carbocycles. The van der Waals surface area contributed by atoms with Crippen LogP contribution in [0.3, 0.4) is 0 Å². The highest BCUT2D eigenvalue weighted by Gasteiger charge is 2.30.